The number of para-hydroxylation sites is 1. The standard InChI is InChI=1S/C11H17ClN2O3S/c1-14(2)18(16,17)7-6-13-8-9-4-3-5-10(12)11(9)15/h3-5,13,15H,6-8H2,1-2H3. The van der Waals surface area contributed by atoms with Gasteiger partial charge in [-0.3, -0.25) is 0 Å². The van der Waals surface area contributed by atoms with E-state index < -0.39 is 10.0 Å². The number of hydrogen-bond acceptors (Lipinski definition) is 4. The molecule has 0 fully saturated rings. The van der Waals surface area contributed by atoms with Crippen molar-refractivity contribution < 1.29 is 13.5 Å². The first-order valence-electron chi connectivity index (χ1n) is 5.42. The summed E-state index contributed by atoms with van der Waals surface area (Å²) in [5.74, 6) is 0.0450. The van der Waals surface area contributed by atoms with Gasteiger partial charge in [-0.15, -0.1) is 0 Å². The monoisotopic (exact) mass is 292 g/mol. The highest BCUT2D eigenvalue weighted by Gasteiger charge is 2.12. The molecule has 0 aliphatic heterocycles. The average molecular weight is 293 g/mol. The number of nitrogens with zero attached hydrogens (tertiary/aromatic N) is 1. The predicted octanol–water partition coefficient (Wildman–Crippen LogP) is 1.03. The summed E-state index contributed by atoms with van der Waals surface area (Å²) in [7, 11) is -0.192. The van der Waals surface area contributed by atoms with E-state index in [1.165, 1.54) is 18.4 Å². The molecule has 0 aromatic heterocycles. The summed E-state index contributed by atoms with van der Waals surface area (Å²) in [5, 5.41) is 12.9. The number of phenols is 1. The van der Waals surface area contributed by atoms with Gasteiger partial charge in [-0.25, -0.2) is 12.7 Å². The zero-order chi connectivity index (χ0) is 13.8. The lowest BCUT2D eigenvalue weighted by atomic mass is 10.2. The molecule has 0 saturated carbocycles. The fraction of sp³-hybridized carbons (Fsp3) is 0.455. The van der Waals surface area contributed by atoms with Crippen molar-refractivity contribution >= 4 is 21.6 Å². The summed E-state index contributed by atoms with van der Waals surface area (Å²) in [6, 6.07) is 5.06. The van der Waals surface area contributed by atoms with Crippen molar-refractivity contribution in [3.8, 4) is 5.75 Å². The number of benzene rings is 1. The van der Waals surface area contributed by atoms with Crippen LogP contribution in [0.15, 0.2) is 18.2 Å². The Balaban J connectivity index is 2.46. The lowest BCUT2D eigenvalue weighted by molar-refractivity contribution is 0.465. The highest BCUT2D eigenvalue weighted by Crippen LogP contribution is 2.26. The Kier molecular flexibility index (Phi) is 5.40. The fourth-order valence-corrected chi connectivity index (χ4v) is 2.27. The quantitative estimate of drug-likeness (QED) is 0.768. The Morgan fingerprint density at radius 1 is 1.39 bits per heavy atom. The molecule has 18 heavy (non-hydrogen) atoms. The average Bonchev–Trinajstić information content (AvgIpc) is 2.29. The van der Waals surface area contributed by atoms with Crippen LogP contribution < -0.4 is 5.32 Å². The van der Waals surface area contributed by atoms with Crippen molar-refractivity contribution in [3.63, 3.8) is 0 Å². The molecule has 2 N–H and O–H groups in total. The molecular formula is C11H17ClN2O3S. The lowest BCUT2D eigenvalue weighted by Gasteiger charge is -2.12. The van der Waals surface area contributed by atoms with Crippen molar-refractivity contribution in [2.24, 2.45) is 0 Å². The molecule has 0 amide bonds. The first-order chi connectivity index (χ1) is 8.34. The van der Waals surface area contributed by atoms with Gasteiger partial charge in [0.2, 0.25) is 10.0 Å². The summed E-state index contributed by atoms with van der Waals surface area (Å²) in [5.41, 5.74) is 0.643. The maximum absolute atomic E-state index is 11.5. The maximum Gasteiger partial charge on any atom is 0.214 e. The van der Waals surface area contributed by atoms with Crippen LogP contribution in [0.1, 0.15) is 5.56 Å². The van der Waals surface area contributed by atoms with E-state index in [1.54, 1.807) is 18.2 Å². The Morgan fingerprint density at radius 3 is 2.67 bits per heavy atom. The van der Waals surface area contributed by atoms with E-state index >= 15 is 0 Å². The van der Waals surface area contributed by atoms with Gasteiger partial charge in [-0.05, 0) is 6.07 Å². The molecule has 7 heteroatoms. The number of halogens is 1. The molecule has 0 aliphatic rings. The van der Waals surface area contributed by atoms with Crippen molar-refractivity contribution in [1.29, 1.82) is 0 Å². The first-order valence-corrected chi connectivity index (χ1v) is 7.40. The van der Waals surface area contributed by atoms with E-state index in [9.17, 15) is 13.5 Å². The van der Waals surface area contributed by atoms with Gasteiger partial charge in [0.05, 0.1) is 10.8 Å². The van der Waals surface area contributed by atoms with Gasteiger partial charge in [0.1, 0.15) is 5.75 Å². The van der Waals surface area contributed by atoms with Gasteiger partial charge in [0.25, 0.3) is 0 Å². The number of hydrogen-bond donors (Lipinski definition) is 2. The number of aromatic hydroxyl groups is 1. The van der Waals surface area contributed by atoms with Crippen molar-refractivity contribution in [3.05, 3.63) is 28.8 Å². The molecule has 0 saturated heterocycles. The number of rotatable bonds is 6. The highest BCUT2D eigenvalue weighted by atomic mass is 35.5. The van der Waals surface area contributed by atoms with Crippen LogP contribution in [0.25, 0.3) is 0 Å². The molecule has 0 aliphatic carbocycles. The van der Waals surface area contributed by atoms with Crippen LogP contribution in [0.5, 0.6) is 5.75 Å². The molecule has 102 valence electrons. The van der Waals surface area contributed by atoms with E-state index in [0.29, 0.717) is 18.7 Å². The number of phenolic OH excluding ortho intramolecular Hbond substituents is 1. The van der Waals surface area contributed by atoms with E-state index in [0.717, 1.165) is 0 Å². The minimum absolute atomic E-state index is 0.0152. The van der Waals surface area contributed by atoms with Crippen LogP contribution in [0.2, 0.25) is 5.02 Å². The van der Waals surface area contributed by atoms with Crippen LogP contribution in [-0.4, -0.2) is 44.2 Å². The maximum atomic E-state index is 11.5. The smallest absolute Gasteiger partial charge is 0.214 e. The Bertz CT molecular complexity index is 503. The molecular weight excluding hydrogens is 276 g/mol. The largest absolute Gasteiger partial charge is 0.506 e. The lowest BCUT2D eigenvalue weighted by Crippen LogP contribution is -2.31. The summed E-state index contributed by atoms with van der Waals surface area (Å²) in [6.45, 7) is 0.682. The molecule has 1 aromatic rings. The minimum Gasteiger partial charge on any atom is -0.506 e. The van der Waals surface area contributed by atoms with Crippen molar-refractivity contribution in [1.82, 2.24) is 9.62 Å². The topological polar surface area (TPSA) is 69.6 Å². The first kappa shape index (κ1) is 15.2. The zero-order valence-corrected chi connectivity index (χ0v) is 11.9. The van der Waals surface area contributed by atoms with Gasteiger partial charge in [-0.1, -0.05) is 23.7 Å². The van der Waals surface area contributed by atoms with E-state index in [2.05, 4.69) is 5.32 Å². The number of nitrogens with one attached hydrogen (secondary N) is 1. The van der Waals surface area contributed by atoms with Crippen molar-refractivity contribution in [2.45, 2.75) is 6.54 Å². The molecule has 0 bridgehead atoms. The zero-order valence-electron chi connectivity index (χ0n) is 10.4. The summed E-state index contributed by atoms with van der Waals surface area (Å²) < 4.78 is 24.1. The normalized spacial score (nSPS) is 12.0. The van der Waals surface area contributed by atoms with E-state index in [4.69, 9.17) is 11.6 Å². The molecule has 5 nitrogen and oxygen atoms in total. The third kappa shape index (κ3) is 4.13. The molecule has 1 rings (SSSR count). The SMILES string of the molecule is CN(C)S(=O)(=O)CCNCc1cccc(Cl)c1O. The molecule has 0 atom stereocenters. The molecule has 0 heterocycles. The Morgan fingerprint density at radius 2 is 2.06 bits per heavy atom. The van der Waals surface area contributed by atoms with Gasteiger partial charge < -0.3 is 10.4 Å². The Labute approximate surface area is 112 Å². The molecule has 0 unspecified atom stereocenters. The third-order valence-corrected chi connectivity index (χ3v) is 4.62. The summed E-state index contributed by atoms with van der Waals surface area (Å²) in [6.07, 6.45) is 0. The second-order valence-electron chi connectivity index (χ2n) is 4.02. The van der Waals surface area contributed by atoms with Crippen LogP contribution in [0.4, 0.5) is 0 Å². The molecule has 0 spiro atoms. The summed E-state index contributed by atoms with van der Waals surface area (Å²) in [4.78, 5) is 0. The highest BCUT2D eigenvalue weighted by molar-refractivity contribution is 7.89. The predicted molar refractivity (Wildman–Crippen MR) is 72.3 cm³/mol. The fourth-order valence-electron chi connectivity index (χ4n) is 1.31. The van der Waals surface area contributed by atoms with Gasteiger partial charge >= 0.3 is 0 Å². The third-order valence-electron chi connectivity index (χ3n) is 2.48. The number of sulfonamides is 1. The van der Waals surface area contributed by atoms with Crippen LogP contribution >= 0.6 is 11.6 Å². The second kappa shape index (κ2) is 6.38. The van der Waals surface area contributed by atoms with Crippen LogP contribution in [-0.2, 0) is 16.6 Å². The van der Waals surface area contributed by atoms with Gasteiger partial charge in [0.15, 0.2) is 0 Å². The Hall–Kier alpha value is -0.820. The minimum atomic E-state index is -3.19. The van der Waals surface area contributed by atoms with E-state index in [-0.39, 0.29) is 16.5 Å². The van der Waals surface area contributed by atoms with Gasteiger partial charge in [-0.2, -0.15) is 0 Å². The van der Waals surface area contributed by atoms with Crippen molar-refractivity contribution in [2.75, 3.05) is 26.4 Å². The molecule has 1 aromatic carbocycles. The summed E-state index contributed by atoms with van der Waals surface area (Å²) >= 11 is 5.76. The van der Waals surface area contributed by atoms with Crippen LogP contribution in [0, 0.1) is 0 Å². The second-order valence-corrected chi connectivity index (χ2v) is 6.73. The molecule has 0 radical (unpaired) electrons. The van der Waals surface area contributed by atoms with Crippen LogP contribution in [0.3, 0.4) is 0 Å². The van der Waals surface area contributed by atoms with E-state index in [1.807, 2.05) is 0 Å². The van der Waals surface area contributed by atoms with Gasteiger partial charge in [0, 0.05) is 32.7 Å².